The van der Waals surface area contributed by atoms with Crippen LogP contribution in [0.15, 0.2) is 35.3 Å². The minimum atomic E-state index is -1.47. The van der Waals surface area contributed by atoms with Gasteiger partial charge in [-0.2, -0.15) is 9.78 Å². The van der Waals surface area contributed by atoms with Gasteiger partial charge in [0.1, 0.15) is 5.02 Å². The predicted molar refractivity (Wildman–Crippen MR) is 117 cm³/mol. The molecule has 0 spiro atoms. The van der Waals surface area contributed by atoms with Gasteiger partial charge >= 0.3 is 0 Å². The second-order valence-corrected chi connectivity index (χ2v) is 9.30. The lowest BCUT2D eigenvalue weighted by Crippen LogP contribution is -2.40. The summed E-state index contributed by atoms with van der Waals surface area (Å²) in [5.41, 5.74) is 0.159. The number of hydrogen-bond acceptors (Lipinski definition) is 5. The van der Waals surface area contributed by atoms with Crippen LogP contribution >= 0.6 is 11.6 Å². The van der Waals surface area contributed by atoms with Crippen LogP contribution in [-0.2, 0) is 9.47 Å². The summed E-state index contributed by atoms with van der Waals surface area (Å²) in [6, 6.07) is 7.69. The first-order chi connectivity index (χ1) is 15.0. The Labute approximate surface area is 185 Å². The molecule has 0 unspecified atom stereocenters. The number of ether oxygens (including phenoxy) is 2. The molecule has 2 aromatic rings. The molecule has 0 radical (unpaired) electrons. The molecule has 1 saturated carbocycles. The minimum Gasteiger partial charge on any atom is -0.379 e. The fourth-order valence-electron chi connectivity index (χ4n) is 4.50. The maximum Gasteiger partial charge on any atom is 0.292 e. The second-order valence-electron chi connectivity index (χ2n) is 8.92. The van der Waals surface area contributed by atoms with E-state index in [2.05, 4.69) is 10.4 Å². The number of halogens is 2. The van der Waals surface area contributed by atoms with Crippen molar-refractivity contribution < 1.29 is 13.9 Å². The molecule has 0 amide bonds. The van der Waals surface area contributed by atoms with Crippen molar-refractivity contribution in [3.8, 4) is 5.69 Å². The molecule has 1 N–H and O–H groups in total. The monoisotopic (exact) mass is 447 g/mol. The molecular formula is C23H27ClFN3O3. The fourth-order valence-corrected chi connectivity index (χ4v) is 4.70. The van der Waals surface area contributed by atoms with Gasteiger partial charge < -0.3 is 14.8 Å². The van der Waals surface area contributed by atoms with Gasteiger partial charge in [0, 0.05) is 6.61 Å². The van der Waals surface area contributed by atoms with Crippen LogP contribution in [0.5, 0.6) is 0 Å². The Bertz CT molecular complexity index is 987. The molecule has 166 valence electrons. The molecule has 3 fully saturated rings. The third-order valence-corrected chi connectivity index (χ3v) is 6.86. The Morgan fingerprint density at radius 2 is 2.03 bits per heavy atom. The van der Waals surface area contributed by atoms with Crippen LogP contribution in [0.1, 0.15) is 50.2 Å². The normalized spacial score (nSPS) is 28.6. The molecule has 5 rings (SSSR count). The summed E-state index contributed by atoms with van der Waals surface area (Å²) >= 11 is 6.29. The van der Waals surface area contributed by atoms with E-state index in [0.29, 0.717) is 36.9 Å². The van der Waals surface area contributed by atoms with Gasteiger partial charge in [0.2, 0.25) is 0 Å². The van der Waals surface area contributed by atoms with Crippen molar-refractivity contribution in [2.75, 3.05) is 25.1 Å². The highest BCUT2D eigenvalue weighted by atomic mass is 35.5. The lowest BCUT2D eigenvalue weighted by atomic mass is 9.99. The molecule has 3 heterocycles. The maximum atomic E-state index is 14.7. The van der Waals surface area contributed by atoms with Crippen molar-refractivity contribution in [2.24, 2.45) is 5.92 Å². The van der Waals surface area contributed by atoms with E-state index in [0.717, 1.165) is 24.3 Å². The fraction of sp³-hybridized carbons (Fsp3) is 0.565. The Balaban J connectivity index is 1.28. The molecule has 2 saturated heterocycles. The van der Waals surface area contributed by atoms with Crippen LogP contribution in [0.4, 0.5) is 10.1 Å². The zero-order valence-corrected chi connectivity index (χ0v) is 18.1. The molecule has 8 heteroatoms. The summed E-state index contributed by atoms with van der Waals surface area (Å²) in [4.78, 5) is 12.8. The molecule has 3 atom stereocenters. The molecule has 1 aromatic heterocycles. The molecule has 6 nitrogen and oxygen atoms in total. The number of hydrogen-bond donors (Lipinski definition) is 1. The highest BCUT2D eigenvalue weighted by molar-refractivity contribution is 6.32. The first-order valence-corrected chi connectivity index (χ1v) is 11.4. The third kappa shape index (κ3) is 4.49. The summed E-state index contributed by atoms with van der Waals surface area (Å²) in [6.07, 6.45) is 7.81. The number of alkyl halides is 1. The van der Waals surface area contributed by atoms with Crippen LogP contribution in [0.2, 0.25) is 5.02 Å². The lowest BCUT2D eigenvalue weighted by Gasteiger charge is -2.29. The Morgan fingerprint density at radius 3 is 2.74 bits per heavy atom. The summed E-state index contributed by atoms with van der Waals surface area (Å²) in [5, 5.41) is 7.16. The van der Waals surface area contributed by atoms with Gasteiger partial charge in [-0.15, -0.1) is 0 Å². The van der Waals surface area contributed by atoms with E-state index < -0.39 is 11.2 Å². The molecular weight excluding hydrogens is 421 g/mol. The smallest absolute Gasteiger partial charge is 0.292 e. The second kappa shape index (κ2) is 8.52. The van der Waals surface area contributed by atoms with Crippen LogP contribution in [0.3, 0.4) is 0 Å². The molecule has 3 aliphatic rings. The van der Waals surface area contributed by atoms with Gasteiger partial charge in [0.15, 0.2) is 5.67 Å². The number of aromatic nitrogens is 2. The van der Waals surface area contributed by atoms with E-state index in [1.807, 2.05) is 24.3 Å². The van der Waals surface area contributed by atoms with Crippen molar-refractivity contribution in [3.63, 3.8) is 0 Å². The minimum absolute atomic E-state index is 0.00851. The first kappa shape index (κ1) is 20.9. The number of rotatable bonds is 6. The molecule has 31 heavy (non-hydrogen) atoms. The SMILES string of the molecule is O=c1c(Cl)c(NC[C@@]2(F)CCCOC2)cnn1-c1ccc([C@@H]2CC[C@H](C3CC3)O2)cc1. The zero-order chi connectivity index (χ0) is 21.4. The molecule has 0 bridgehead atoms. The molecule has 1 aromatic carbocycles. The number of benzene rings is 1. The Hall–Kier alpha value is -1.96. The number of nitrogens with zero attached hydrogens (tertiary/aromatic N) is 2. The summed E-state index contributed by atoms with van der Waals surface area (Å²) < 4.78 is 27.4. The third-order valence-electron chi connectivity index (χ3n) is 6.50. The van der Waals surface area contributed by atoms with E-state index in [9.17, 15) is 9.18 Å². The topological polar surface area (TPSA) is 65.4 Å². The van der Waals surface area contributed by atoms with Crippen LogP contribution in [-0.4, -0.2) is 41.3 Å². The summed E-state index contributed by atoms with van der Waals surface area (Å²) in [7, 11) is 0. The van der Waals surface area contributed by atoms with Crippen molar-refractivity contribution in [2.45, 2.75) is 56.4 Å². The first-order valence-electron chi connectivity index (χ1n) is 11.1. The number of anilines is 1. The van der Waals surface area contributed by atoms with Gasteiger partial charge in [-0.3, -0.25) is 4.79 Å². The van der Waals surface area contributed by atoms with Crippen molar-refractivity contribution >= 4 is 17.3 Å². The lowest BCUT2D eigenvalue weighted by molar-refractivity contribution is -0.0234. The maximum absolute atomic E-state index is 14.7. The van der Waals surface area contributed by atoms with Gasteiger partial charge in [-0.05, 0) is 62.1 Å². The van der Waals surface area contributed by atoms with E-state index in [-0.39, 0.29) is 24.3 Å². The van der Waals surface area contributed by atoms with Crippen LogP contribution in [0.25, 0.3) is 5.69 Å². The Morgan fingerprint density at radius 1 is 1.23 bits per heavy atom. The standard InChI is InChI=1S/C23H27ClFN3O3/c24-21-18(26-13-23(25)10-1-11-30-14-23)12-27-28(22(21)29)17-6-4-16(5-7-17)20-9-8-19(31-20)15-2-3-15/h4-7,12,15,19-20,26H,1-3,8-11,13-14H2/t19-,20+,23+/m1/s1. The zero-order valence-electron chi connectivity index (χ0n) is 17.4. The van der Waals surface area contributed by atoms with E-state index in [4.69, 9.17) is 21.1 Å². The average molecular weight is 448 g/mol. The quantitative estimate of drug-likeness (QED) is 0.708. The molecule has 2 aliphatic heterocycles. The predicted octanol–water partition coefficient (Wildman–Crippen LogP) is 4.45. The van der Waals surface area contributed by atoms with E-state index >= 15 is 0 Å². The largest absolute Gasteiger partial charge is 0.379 e. The Kier molecular flexibility index (Phi) is 5.75. The van der Waals surface area contributed by atoms with E-state index in [1.165, 1.54) is 23.7 Å². The summed E-state index contributed by atoms with van der Waals surface area (Å²) in [5.74, 6) is 0.749. The van der Waals surface area contributed by atoms with Crippen LogP contribution < -0.4 is 10.9 Å². The highest BCUT2D eigenvalue weighted by Gasteiger charge is 2.38. The van der Waals surface area contributed by atoms with Gasteiger partial charge in [0.05, 0.1) is 42.9 Å². The van der Waals surface area contributed by atoms with E-state index in [1.54, 1.807) is 0 Å². The highest BCUT2D eigenvalue weighted by Crippen LogP contribution is 2.44. The van der Waals surface area contributed by atoms with Gasteiger partial charge in [0.25, 0.3) is 5.56 Å². The van der Waals surface area contributed by atoms with Crippen LogP contribution in [0, 0.1) is 5.92 Å². The van der Waals surface area contributed by atoms with Gasteiger partial charge in [-0.1, -0.05) is 23.7 Å². The molecule has 1 aliphatic carbocycles. The number of nitrogens with one attached hydrogen (secondary N) is 1. The van der Waals surface area contributed by atoms with Gasteiger partial charge in [-0.25, -0.2) is 4.39 Å². The summed E-state index contributed by atoms with van der Waals surface area (Å²) in [6.45, 7) is 0.646. The van der Waals surface area contributed by atoms with Crippen molar-refractivity contribution in [1.82, 2.24) is 9.78 Å². The van der Waals surface area contributed by atoms with Crippen molar-refractivity contribution in [1.29, 1.82) is 0 Å². The van der Waals surface area contributed by atoms with Crippen molar-refractivity contribution in [3.05, 3.63) is 51.4 Å². The average Bonchev–Trinajstić information content (AvgIpc) is 3.52.